The Balaban J connectivity index is 1.76. The minimum Gasteiger partial charge on any atom is -0.318 e. The molecule has 24 heavy (non-hydrogen) atoms. The van der Waals surface area contributed by atoms with Crippen molar-refractivity contribution in [1.29, 1.82) is 0 Å². The lowest BCUT2D eigenvalue weighted by atomic mass is 10.1. The summed E-state index contributed by atoms with van der Waals surface area (Å²) in [6.45, 7) is 0. The van der Waals surface area contributed by atoms with E-state index in [1.54, 1.807) is 12.3 Å². The van der Waals surface area contributed by atoms with Crippen molar-refractivity contribution >= 4 is 46.9 Å². The first kappa shape index (κ1) is 18.0. The largest absolute Gasteiger partial charge is 0.329 e. The number of nitrogens with one attached hydrogen (secondary N) is 2. The zero-order valence-corrected chi connectivity index (χ0v) is 14.1. The summed E-state index contributed by atoms with van der Waals surface area (Å²) >= 11 is 11.6. The van der Waals surface area contributed by atoms with Gasteiger partial charge in [-0.3, -0.25) is 9.59 Å². The van der Waals surface area contributed by atoms with Gasteiger partial charge in [-0.05, 0) is 36.6 Å². The van der Waals surface area contributed by atoms with Crippen LogP contribution in [0.4, 0.5) is 5.69 Å². The van der Waals surface area contributed by atoms with Gasteiger partial charge in [0.15, 0.2) is 0 Å². The van der Waals surface area contributed by atoms with Crippen LogP contribution in [0.1, 0.15) is 12.0 Å². The summed E-state index contributed by atoms with van der Waals surface area (Å²) in [6, 6.07) is 14.4. The topological polar surface area (TPSA) is 70.6 Å². The molecule has 0 heterocycles. The molecule has 2 amide bonds. The van der Waals surface area contributed by atoms with Crippen molar-refractivity contribution in [3.63, 3.8) is 0 Å². The number of hydrogen-bond acceptors (Lipinski definition) is 3. The Morgan fingerprint density at radius 2 is 1.75 bits per heavy atom. The van der Waals surface area contributed by atoms with Crippen molar-refractivity contribution < 1.29 is 9.59 Å². The number of anilines is 1. The lowest BCUT2D eigenvalue weighted by Crippen LogP contribution is -2.32. The predicted octanol–water partition coefficient (Wildman–Crippen LogP) is 3.67. The van der Waals surface area contributed by atoms with E-state index in [1.165, 1.54) is 17.7 Å². The van der Waals surface area contributed by atoms with E-state index in [9.17, 15) is 9.59 Å². The van der Waals surface area contributed by atoms with Gasteiger partial charge in [-0.2, -0.15) is 5.10 Å². The Hall–Kier alpha value is -2.37. The Morgan fingerprint density at radius 3 is 2.46 bits per heavy atom. The van der Waals surface area contributed by atoms with Gasteiger partial charge in [-0.25, -0.2) is 5.43 Å². The summed E-state index contributed by atoms with van der Waals surface area (Å²) in [5, 5.41) is 6.81. The van der Waals surface area contributed by atoms with Crippen molar-refractivity contribution in [2.45, 2.75) is 12.8 Å². The number of halogens is 2. The lowest BCUT2D eigenvalue weighted by molar-refractivity contribution is -0.136. The number of nitrogens with zero attached hydrogens (tertiary/aromatic N) is 1. The lowest BCUT2D eigenvalue weighted by Gasteiger charge is -2.05. The maximum atomic E-state index is 11.7. The first-order valence-electron chi connectivity index (χ1n) is 7.18. The van der Waals surface area contributed by atoms with Crippen molar-refractivity contribution in [2.75, 3.05) is 5.32 Å². The Bertz CT molecular complexity index is 749. The van der Waals surface area contributed by atoms with Gasteiger partial charge in [-0.1, -0.05) is 53.5 Å². The van der Waals surface area contributed by atoms with E-state index in [1.807, 2.05) is 30.3 Å². The van der Waals surface area contributed by atoms with Gasteiger partial charge in [0.2, 0.25) is 0 Å². The molecule has 0 unspecified atom stereocenters. The van der Waals surface area contributed by atoms with Crippen LogP contribution in [-0.2, 0) is 16.0 Å². The molecule has 2 aromatic rings. The zero-order chi connectivity index (χ0) is 17.4. The van der Waals surface area contributed by atoms with E-state index >= 15 is 0 Å². The van der Waals surface area contributed by atoms with Crippen molar-refractivity contribution in [2.24, 2.45) is 5.10 Å². The van der Waals surface area contributed by atoms with Crippen LogP contribution < -0.4 is 10.7 Å². The van der Waals surface area contributed by atoms with Gasteiger partial charge >= 0.3 is 11.8 Å². The molecule has 0 saturated carbocycles. The van der Waals surface area contributed by atoms with E-state index in [-0.39, 0.29) is 5.02 Å². The van der Waals surface area contributed by atoms with Crippen molar-refractivity contribution in [1.82, 2.24) is 5.43 Å². The molecule has 0 atom stereocenters. The number of amides is 2. The summed E-state index contributed by atoms with van der Waals surface area (Å²) in [4.78, 5) is 23.4. The second-order valence-corrected chi connectivity index (χ2v) is 5.67. The van der Waals surface area contributed by atoms with Gasteiger partial charge in [0.1, 0.15) is 0 Å². The molecule has 0 radical (unpaired) electrons. The molecular weight excluding hydrogens is 349 g/mol. The molecule has 7 heteroatoms. The van der Waals surface area contributed by atoms with Gasteiger partial charge in [-0.15, -0.1) is 0 Å². The molecule has 0 bridgehead atoms. The smallest absolute Gasteiger partial charge is 0.318 e. The third-order valence-corrected chi connectivity index (χ3v) is 3.79. The van der Waals surface area contributed by atoms with Crippen LogP contribution in [0.3, 0.4) is 0 Å². The molecule has 2 aromatic carbocycles. The molecule has 0 fully saturated rings. The van der Waals surface area contributed by atoms with E-state index in [0.717, 1.165) is 6.42 Å². The van der Waals surface area contributed by atoms with Crippen molar-refractivity contribution in [3.8, 4) is 0 Å². The van der Waals surface area contributed by atoms with E-state index in [4.69, 9.17) is 23.2 Å². The Kier molecular flexibility index (Phi) is 6.78. The molecule has 0 aliphatic carbocycles. The summed E-state index contributed by atoms with van der Waals surface area (Å²) in [5.41, 5.74) is 3.72. The summed E-state index contributed by atoms with van der Waals surface area (Å²) < 4.78 is 0. The molecule has 0 aliphatic heterocycles. The zero-order valence-electron chi connectivity index (χ0n) is 12.6. The second kappa shape index (κ2) is 9.05. The standard InChI is InChI=1S/C17H15Cl2N3O2/c18-14-9-8-13(11-15(14)19)21-16(23)17(24)22-20-10-4-7-12-5-2-1-3-6-12/h1-3,5-6,8-11H,4,7H2,(H,21,23)(H,22,24)/b20-10+. The minimum atomic E-state index is -0.864. The van der Waals surface area contributed by atoms with Crippen LogP contribution in [0.5, 0.6) is 0 Å². The highest BCUT2D eigenvalue weighted by Gasteiger charge is 2.13. The van der Waals surface area contributed by atoms with Crippen LogP contribution in [0.25, 0.3) is 0 Å². The maximum Gasteiger partial charge on any atom is 0.329 e. The quantitative estimate of drug-likeness (QED) is 0.483. The first-order chi connectivity index (χ1) is 11.6. The molecule has 5 nitrogen and oxygen atoms in total. The maximum absolute atomic E-state index is 11.7. The molecule has 2 rings (SSSR count). The Labute approximate surface area is 149 Å². The van der Waals surface area contributed by atoms with E-state index in [2.05, 4.69) is 15.8 Å². The van der Waals surface area contributed by atoms with Crippen molar-refractivity contribution in [3.05, 3.63) is 64.1 Å². The van der Waals surface area contributed by atoms with Gasteiger partial charge in [0.25, 0.3) is 0 Å². The molecule has 0 spiro atoms. The SMILES string of the molecule is O=C(N/N=C/CCc1ccccc1)C(=O)Nc1ccc(Cl)c(Cl)c1. The van der Waals surface area contributed by atoms with E-state index < -0.39 is 11.8 Å². The molecule has 2 N–H and O–H groups in total. The molecule has 0 aromatic heterocycles. The molecular formula is C17H15Cl2N3O2. The summed E-state index contributed by atoms with van der Waals surface area (Å²) in [6.07, 6.45) is 3.01. The van der Waals surface area contributed by atoms with Gasteiger partial charge < -0.3 is 5.32 Å². The molecule has 124 valence electrons. The number of rotatable bonds is 5. The fraction of sp³-hybridized carbons (Fsp3) is 0.118. The number of carbonyl (C=O) groups is 2. The minimum absolute atomic E-state index is 0.286. The number of aryl methyl sites for hydroxylation is 1. The van der Waals surface area contributed by atoms with Crippen LogP contribution in [0.15, 0.2) is 53.6 Å². The molecule has 0 saturated heterocycles. The number of carbonyl (C=O) groups excluding carboxylic acids is 2. The normalized spacial score (nSPS) is 10.6. The van der Waals surface area contributed by atoms with Crippen LogP contribution >= 0.6 is 23.2 Å². The van der Waals surface area contributed by atoms with Crippen LogP contribution in [0.2, 0.25) is 10.0 Å². The number of hydrogen-bond donors (Lipinski definition) is 2. The fourth-order valence-electron chi connectivity index (χ4n) is 1.86. The fourth-order valence-corrected chi connectivity index (χ4v) is 2.16. The third-order valence-electron chi connectivity index (χ3n) is 3.05. The van der Waals surface area contributed by atoms with Crippen LogP contribution in [-0.4, -0.2) is 18.0 Å². The highest BCUT2D eigenvalue weighted by Crippen LogP contribution is 2.24. The van der Waals surface area contributed by atoms with E-state index in [0.29, 0.717) is 17.1 Å². The first-order valence-corrected chi connectivity index (χ1v) is 7.93. The second-order valence-electron chi connectivity index (χ2n) is 4.86. The highest BCUT2D eigenvalue weighted by molar-refractivity contribution is 6.42. The summed E-state index contributed by atoms with van der Waals surface area (Å²) in [5.74, 6) is -1.70. The summed E-state index contributed by atoms with van der Waals surface area (Å²) in [7, 11) is 0. The van der Waals surface area contributed by atoms with Gasteiger partial charge in [0, 0.05) is 11.9 Å². The monoisotopic (exact) mass is 363 g/mol. The average molecular weight is 364 g/mol. The van der Waals surface area contributed by atoms with Gasteiger partial charge in [0.05, 0.1) is 10.0 Å². The predicted molar refractivity (Wildman–Crippen MR) is 96.5 cm³/mol. The number of benzene rings is 2. The third kappa shape index (κ3) is 5.68. The Morgan fingerprint density at radius 1 is 1.00 bits per heavy atom. The van der Waals surface area contributed by atoms with Crippen LogP contribution in [0, 0.1) is 0 Å². The highest BCUT2D eigenvalue weighted by atomic mass is 35.5. The number of hydrazone groups is 1. The molecule has 0 aliphatic rings. The average Bonchev–Trinajstić information content (AvgIpc) is 2.58.